The van der Waals surface area contributed by atoms with Crippen molar-refractivity contribution >= 4 is 18.0 Å². The highest BCUT2D eigenvalue weighted by Crippen LogP contribution is 2.04. The Morgan fingerprint density at radius 1 is 1.10 bits per heavy atom. The first-order valence-electron chi connectivity index (χ1n) is 3.08. The summed E-state index contributed by atoms with van der Waals surface area (Å²) in [5, 5.41) is 0. The van der Waals surface area contributed by atoms with Crippen molar-refractivity contribution in [2.24, 2.45) is 0 Å². The second-order valence-electron chi connectivity index (χ2n) is 3.59. The Labute approximate surface area is 70.7 Å². The molecule has 0 aliphatic rings. The van der Waals surface area contributed by atoms with E-state index in [-0.39, 0.29) is 17.3 Å². The summed E-state index contributed by atoms with van der Waals surface area (Å²) in [5.74, 6) is 0. The van der Waals surface area contributed by atoms with Crippen molar-refractivity contribution < 1.29 is 0 Å². The van der Waals surface area contributed by atoms with Gasteiger partial charge in [0.05, 0.1) is 8.07 Å². The van der Waals surface area contributed by atoms with Crippen LogP contribution in [0.2, 0.25) is 19.6 Å². The van der Waals surface area contributed by atoms with Crippen LogP contribution in [-0.4, -0.2) is 8.07 Å². The third kappa shape index (κ3) is 15.8. The van der Waals surface area contributed by atoms with Gasteiger partial charge in [-0.05, 0) is 13.8 Å². The number of allylic oxidation sites excluding steroid dienone is 1. The van der Waals surface area contributed by atoms with E-state index in [1.165, 1.54) is 5.57 Å². The highest BCUT2D eigenvalue weighted by molar-refractivity contribution is 6.92. The van der Waals surface area contributed by atoms with Gasteiger partial charge < -0.3 is 0 Å². The first-order valence-corrected chi connectivity index (χ1v) is 6.65. The molecule has 0 aromatic rings. The van der Waals surface area contributed by atoms with Crippen LogP contribution in [0.15, 0.2) is 11.3 Å². The van der Waals surface area contributed by atoms with Crippen LogP contribution >= 0.6 is 9.90 Å². The van der Waals surface area contributed by atoms with E-state index in [2.05, 4.69) is 39.2 Å². The van der Waals surface area contributed by atoms with Gasteiger partial charge in [0.15, 0.2) is 0 Å². The predicted molar refractivity (Wildman–Crippen MR) is 60.6 cm³/mol. The van der Waals surface area contributed by atoms with Gasteiger partial charge in [0.2, 0.25) is 0 Å². The third-order valence-electron chi connectivity index (χ3n) is 0.722. The molecule has 1 atom stereocenters. The van der Waals surface area contributed by atoms with Gasteiger partial charge in [-0.1, -0.05) is 38.3 Å². The van der Waals surface area contributed by atoms with Gasteiger partial charge in [0.1, 0.15) is 0 Å². The molecule has 0 saturated heterocycles. The average Bonchev–Trinajstić information content (AvgIpc) is 1.21. The summed E-state index contributed by atoms with van der Waals surface area (Å²) >= 11 is 0. The van der Waals surface area contributed by atoms with Crippen molar-refractivity contribution in [1.29, 1.82) is 0 Å². The van der Waals surface area contributed by atoms with Crippen LogP contribution in [0.5, 0.6) is 0 Å². The lowest BCUT2D eigenvalue weighted by molar-refractivity contribution is 1.40. The van der Waals surface area contributed by atoms with E-state index in [1.807, 2.05) is 0 Å². The Balaban J connectivity index is -0.000000245. The van der Waals surface area contributed by atoms with E-state index in [9.17, 15) is 0 Å². The van der Waals surface area contributed by atoms with Crippen molar-refractivity contribution in [2.45, 2.75) is 40.9 Å². The van der Waals surface area contributed by atoms with Crippen LogP contribution in [0.1, 0.15) is 21.3 Å². The maximum atomic E-state index is 2.41. The summed E-state index contributed by atoms with van der Waals surface area (Å²) in [6, 6.07) is 0. The Morgan fingerprint density at radius 2 is 1.40 bits per heavy atom. The van der Waals surface area contributed by atoms with Crippen LogP contribution in [0.25, 0.3) is 0 Å². The van der Waals surface area contributed by atoms with E-state index >= 15 is 0 Å². The second kappa shape index (κ2) is 6.12. The number of hydrogen-bond acceptors (Lipinski definition) is 0. The predicted octanol–water partition coefficient (Wildman–Crippen LogP) is 3.52. The summed E-state index contributed by atoms with van der Waals surface area (Å²) in [6.45, 7) is 11.4. The third-order valence-corrected chi connectivity index (χ3v) is 2.17. The molecule has 0 amide bonds. The quantitative estimate of drug-likeness (QED) is 0.426. The van der Waals surface area contributed by atoms with E-state index in [1.54, 1.807) is 0 Å². The fraction of sp³-hybridized carbons (Fsp3) is 0.750. The maximum absolute atomic E-state index is 2.41. The van der Waals surface area contributed by atoms with E-state index in [0.29, 0.717) is 0 Å². The highest BCUT2D eigenvalue weighted by Gasteiger charge is 2.06. The molecule has 0 fully saturated rings. The molecule has 2 heteroatoms. The smallest absolute Gasteiger partial charge is 0.0686 e. The molecule has 1 unspecified atom stereocenters. The minimum Gasteiger partial charge on any atom is -0.153 e. The molecule has 0 aliphatic heterocycles. The molecular weight excluding hydrogens is 155 g/mol. The van der Waals surface area contributed by atoms with Crippen LogP contribution in [0, 0.1) is 0 Å². The van der Waals surface area contributed by atoms with Gasteiger partial charge in [-0.15, -0.1) is 0 Å². The molecule has 0 aromatic heterocycles. The van der Waals surface area contributed by atoms with E-state index in [0.717, 1.165) is 0 Å². The summed E-state index contributed by atoms with van der Waals surface area (Å²) < 4.78 is 0. The van der Waals surface area contributed by atoms with Gasteiger partial charge in [0, 0.05) is 0 Å². The second-order valence-corrected chi connectivity index (χ2v) is 8.61. The summed E-state index contributed by atoms with van der Waals surface area (Å²) in [6.07, 6.45) is 0. The first kappa shape index (κ1) is 16.8. The molecule has 0 saturated carbocycles. The van der Waals surface area contributed by atoms with Crippen LogP contribution in [0.3, 0.4) is 0 Å². The molecule has 0 aliphatic carbocycles. The Kier molecular flexibility index (Phi) is 10.3. The fourth-order valence-electron chi connectivity index (χ4n) is 0.866. The lowest BCUT2D eigenvalue weighted by Crippen LogP contribution is -2.15. The minimum absolute atomic E-state index is 0. The summed E-state index contributed by atoms with van der Waals surface area (Å²) in [5.41, 5.74) is 3.87. The minimum atomic E-state index is -0.882. The van der Waals surface area contributed by atoms with Crippen LogP contribution in [0.4, 0.5) is 0 Å². The highest BCUT2D eigenvalue weighted by atomic mass is 31.0. The van der Waals surface area contributed by atoms with Crippen molar-refractivity contribution in [1.82, 2.24) is 0 Å². The van der Waals surface area contributed by atoms with Crippen molar-refractivity contribution in [3.8, 4) is 0 Å². The molecule has 0 heterocycles. The lowest BCUT2D eigenvalue weighted by atomic mass is 10.4. The Bertz CT molecular complexity index is 96.3. The van der Waals surface area contributed by atoms with Gasteiger partial charge in [-0.2, -0.15) is 9.90 Å². The monoisotopic (exact) mass is 178 g/mol. The normalized spacial score (nSPS) is 8.90. The zero-order valence-electron chi connectivity index (χ0n) is 7.28. The Hall–Kier alpha value is 0.387. The average molecular weight is 178 g/mol. The van der Waals surface area contributed by atoms with Crippen molar-refractivity contribution in [3.63, 3.8) is 0 Å². The van der Waals surface area contributed by atoms with Crippen LogP contribution < -0.4 is 0 Å². The standard InChI is InChI=1S/C7H16Si.CH4.H3P/c1-7(2)6-8(3,4)5;;/h6H,1-5H3;1H4;1H3. The zero-order valence-corrected chi connectivity index (χ0v) is 9.70. The van der Waals surface area contributed by atoms with E-state index < -0.39 is 8.07 Å². The molecule has 0 nitrogen and oxygen atoms in total. The Morgan fingerprint density at radius 3 is 1.40 bits per heavy atom. The van der Waals surface area contributed by atoms with Crippen molar-refractivity contribution in [3.05, 3.63) is 11.3 Å². The first-order chi connectivity index (χ1) is 3.42. The molecule has 64 valence electrons. The largest absolute Gasteiger partial charge is 0.153 e. The molecule has 0 bridgehead atoms. The molecule has 10 heavy (non-hydrogen) atoms. The molecule has 0 aromatic carbocycles. The van der Waals surface area contributed by atoms with E-state index in [4.69, 9.17) is 0 Å². The molecule has 0 N–H and O–H groups in total. The van der Waals surface area contributed by atoms with Gasteiger partial charge in [-0.25, -0.2) is 0 Å². The zero-order chi connectivity index (χ0) is 6.78. The van der Waals surface area contributed by atoms with Gasteiger partial charge >= 0.3 is 0 Å². The van der Waals surface area contributed by atoms with Crippen LogP contribution in [-0.2, 0) is 0 Å². The summed E-state index contributed by atoms with van der Waals surface area (Å²) in [4.78, 5) is 0. The molecular formula is C8H23PSi. The lowest BCUT2D eigenvalue weighted by Gasteiger charge is -2.08. The number of rotatable bonds is 1. The van der Waals surface area contributed by atoms with Crippen molar-refractivity contribution in [2.75, 3.05) is 0 Å². The SMILES string of the molecule is C.CC(C)=C[Si](C)(C)C.P. The van der Waals surface area contributed by atoms with Gasteiger partial charge in [-0.3, -0.25) is 0 Å². The molecule has 0 rings (SSSR count). The fourth-order valence-corrected chi connectivity index (χ4v) is 2.60. The van der Waals surface area contributed by atoms with Gasteiger partial charge in [0.25, 0.3) is 0 Å². The maximum Gasteiger partial charge on any atom is 0.0686 e. The topological polar surface area (TPSA) is 0 Å². The summed E-state index contributed by atoms with van der Waals surface area (Å²) in [7, 11) is -0.882. The molecule has 0 radical (unpaired) electrons. The number of hydrogen-bond donors (Lipinski definition) is 0. The molecule has 0 spiro atoms.